The van der Waals surface area contributed by atoms with E-state index >= 15 is 0 Å². The maximum Gasteiger partial charge on any atom is 0.252 e. The molecule has 0 unspecified atom stereocenters. The number of rotatable bonds is 7. The van der Waals surface area contributed by atoms with Crippen LogP contribution in [0.25, 0.3) is 75.8 Å². The van der Waals surface area contributed by atoms with Crippen molar-refractivity contribution in [3.05, 3.63) is 260 Å². The molecular weight excluding hydrogens is 876 g/mol. The van der Waals surface area contributed by atoms with E-state index in [1.165, 1.54) is 126 Å². The van der Waals surface area contributed by atoms with E-state index in [1.54, 1.807) is 0 Å². The molecule has 2 nitrogen and oxygen atoms in total. The molecule has 11 aromatic carbocycles. The minimum atomic E-state index is -0.0750. The molecule has 0 radical (unpaired) electrons. The Balaban J connectivity index is 1.11. The average molecular weight is 921 g/mol. The van der Waals surface area contributed by atoms with Gasteiger partial charge in [-0.25, -0.2) is 0 Å². The lowest BCUT2D eigenvalue weighted by Crippen LogP contribution is -2.61. The molecule has 3 heterocycles. The van der Waals surface area contributed by atoms with Crippen LogP contribution in [0.2, 0.25) is 0 Å². The van der Waals surface area contributed by atoms with Gasteiger partial charge >= 0.3 is 0 Å². The molecular formula is C67H45BN2S. The number of hydrogen-bond acceptors (Lipinski definition) is 3. The first-order chi connectivity index (χ1) is 35.2. The van der Waals surface area contributed by atoms with E-state index in [1.807, 2.05) is 11.3 Å². The number of benzene rings is 11. The van der Waals surface area contributed by atoms with Crippen LogP contribution in [0.1, 0.15) is 5.56 Å². The number of aryl methyl sites for hydroxylation is 1. The second kappa shape index (κ2) is 16.8. The van der Waals surface area contributed by atoms with Crippen molar-refractivity contribution in [1.82, 2.24) is 0 Å². The number of fused-ring (bicyclic) bond motifs is 7. The van der Waals surface area contributed by atoms with Crippen LogP contribution in [0.15, 0.2) is 255 Å². The number of anilines is 6. The smallest absolute Gasteiger partial charge is 0.252 e. The fraction of sp³-hybridized carbons (Fsp3) is 0.0149. The largest absolute Gasteiger partial charge is 0.310 e. The van der Waals surface area contributed by atoms with Crippen LogP contribution in [-0.2, 0) is 0 Å². The second-order valence-electron chi connectivity index (χ2n) is 18.8. The normalized spacial score (nSPS) is 12.5. The van der Waals surface area contributed by atoms with Crippen LogP contribution in [-0.4, -0.2) is 6.71 Å². The lowest BCUT2D eigenvalue weighted by Gasteiger charge is -2.46. The maximum atomic E-state index is 2.62. The molecule has 1 aromatic heterocycles. The van der Waals surface area contributed by atoms with E-state index in [4.69, 9.17) is 0 Å². The molecule has 4 heteroatoms. The lowest BCUT2D eigenvalue weighted by atomic mass is 9.33. The zero-order valence-corrected chi connectivity index (χ0v) is 39.9. The zero-order valence-electron chi connectivity index (χ0n) is 39.1. The van der Waals surface area contributed by atoms with Crippen molar-refractivity contribution in [2.24, 2.45) is 0 Å². The van der Waals surface area contributed by atoms with Gasteiger partial charge in [-0.05, 0) is 92.6 Å². The summed E-state index contributed by atoms with van der Waals surface area (Å²) in [5, 5.41) is 2.62. The highest BCUT2D eigenvalue weighted by Crippen LogP contribution is 2.53. The van der Waals surface area contributed by atoms with E-state index in [0.29, 0.717) is 0 Å². The molecule has 71 heavy (non-hydrogen) atoms. The SMILES string of the molecule is Cc1cc2c3c(c1)N(c1c(-c4ccccc4)cccc1-c1ccccc1)c1ccc(-c4cccc5c4sc4ccccc45)cc1B3c1ccccc1N2c1c(-c2ccccc2)cccc1-c1ccccc1. The van der Waals surface area contributed by atoms with E-state index in [-0.39, 0.29) is 6.71 Å². The summed E-state index contributed by atoms with van der Waals surface area (Å²) in [6, 6.07) is 94.5. The van der Waals surface area contributed by atoms with Crippen molar-refractivity contribution in [3.8, 4) is 55.6 Å². The molecule has 0 spiro atoms. The van der Waals surface area contributed by atoms with Crippen LogP contribution >= 0.6 is 11.3 Å². The van der Waals surface area contributed by atoms with Gasteiger partial charge in [-0.2, -0.15) is 0 Å². The van der Waals surface area contributed by atoms with Crippen molar-refractivity contribution in [2.45, 2.75) is 6.92 Å². The Morgan fingerprint density at radius 3 is 1.31 bits per heavy atom. The summed E-state index contributed by atoms with van der Waals surface area (Å²) in [6.45, 7) is 2.20. The topological polar surface area (TPSA) is 6.48 Å². The summed E-state index contributed by atoms with van der Waals surface area (Å²) >= 11 is 1.90. The Morgan fingerprint density at radius 1 is 0.324 bits per heavy atom. The summed E-state index contributed by atoms with van der Waals surface area (Å²) in [7, 11) is 0. The standard InChI is InChI=1S/C67H45BN2S/c1-44-41-61-64-62(42-44)70(66-52(47-25-10-4-11-26-47)32-19-33-53(66)48-27-12-5-13-28-48)60-40-39-49(54-34-20-35-56-55-29-14-17-38-63(55)71-67(54)56)43-58(60)68(64)57-36-15-16-37-59(57)69(61)65-50(45-21-6-2-7-22-45)30-18-31-51(65)46-23-8-3-9-24-46/h2-43H,1H3. The van der Waals surface area contributed by atoms with Crippen molar-refractivity contribution >= 4 is 88.7 Å². The van der Waals surface area contributed by atoms with Gasteiger partial charge in [0.2, 0.25) is 0 Å². The van der Waals surface area contributed by atoms with Gasteiger partial charge in [0.05, 0.1) is 11.4 Å². The van der Waals surface area contributed by atoms with Crippen LogP contribution in [0.3, 0.4) is 0 Å². The first-order valence-electron chi connectivity index (χ1n) is 24.5. The van der Waals surface area contributed by atoms with E-state index in [9.17, 15) is 0 Å². The van der Waals surface area contributed by atoms with Gasteiger partial charge in [-0.1, -0.05) is 224 Å². The highest BCUT2D eigenvalue weighted by Gasteiger charge is 2.45. The van der Waals surface area contributed by atoms with Gasteiger partial charge in [0.25, 0.3) is 6.71 Å². The highest BCUT2D eigenvalue weighted by atomic mass is 32.1. The number of para-hydroxylation sites is 3. The summed E-state index contributed by atoms with van der Waals surface area (Å²) in [5.41, 5.74) is 24.1. The van der Waals surface area contributed by atoms with Crippen molar-refractivity contribution in [1.29, 1.82) is 0 Å². The highest BCUT2D eigenvalue weighted by molar-refractivity contribution is 7.26. The molecule has 0 saturated carbocycles. The van der Waals surface area contributed by atoms with Crippen LogP contribution in [0, 0.1) is 6.92 Å². The van der Waals surface area contributed by atoms with Gasteiger partial charge < -0.3 is 9.80 Å². The number of thiophene rings is 1. The molecule has 14 rings (SSSR count). The van der Waals surface area contributed by atoms with Crippen molar-refractivity contribution < 1.29 is 0 Å². The monoisotopic (exact) mass is 920 g/mol. The van der Waals surface area contributed by atoms with Crippen molar-refractivity contribution in [3.63, 3.8) is 0 Å². The molecule has 0 saturated heterocycles. The molecule has 332 valence electrons. The molecule has 0 fully saturated rings. The third-order valence-corrected chi connectivity index (χ3v) is 15.9. The predicted molar refractivity (Wildman–Crippen MR) is 305 cm³/mol. The third kappa shape index (κ3) is 6.63. The summed E-state index contributed by atoms with van der Waals surface area (Å²) in [5.74, 6) is 0. The molecule has 0 atom stereocenters. The summed E-state index contributed by atoms with van der Waals surface area (Å²) in [4.78, 5) is 5.23. The Morgan fingerprint density at radius 2 is 0.761 bits per heavy atom. The number of nitrogens with zero attached hydrogens (tertiary/aromatic N) is 2. The van der Waals surface area contributed by atoms with Gasteiger partial charge in [0.1, 0.15) is 0 Å². The molecule has 0 amide bonds. The molecule has 0 N–H and O–H groups in total. The lowest BCUT2D eigenvalue weighted by molar-refractivity contribution is 1.24. The number of hydrogen-bond donors (Lipinski definition) is 0. The summed E-state index contributed by atoms with van der Waals surface area (Å²) in [6.07, 6.45) is 0. The molecule has 0 aliphatic carbocycles. The van der Waals surface area contributed by atoms with Crippen LogP contribution in [0.4, 0.5) is 34.1 Å². The predicted octanol–water partition coefficient (Wildman–Crippen LogP) is 16.8. The minimum Gasteiger partial charge on any atom is -0.310 e. The average Bonchev–Trinajstić information content (AvgIpc) is 3.83. The Kier molecular flexibility index (Phi) is 9.75. The van der Waals surface area contributed by atoms with Gasteiger partial charge in [0.15, 0.2) is 0 Å². The first kappa shape index (κ1) is 41.3. The molecule has 2 aliphatic heterocycles. The van der Waals surface area contributed by atoms with Gasteiger partial charge in [-0.3, -0.25) is 0 Å². The Labute approximate surface area is 419 Å². The summed E-state index contributed by atoms with van der Waals surface area (Å²) < 4.78 is 2.63. The fourth-order valence-electron chi connectivity index (χ4n) is 11.7. The maximum absolute atomic E-state index is 2.62. The Hall–Kier alpha value is -8.70. The minimum absolute atomic E-state index is 0.0750. The van der Waals surface area contributed by atoms with E-state index < -0.39 is 0 Å². The van der Waals surface area contributed by atoms with E-state index in [2.05, 4.69) is 272 Å². The third-order valence-electron chi connectivity index (χ3n) is 14.7. The van der Waals surface area contributed by atoms with Crippen molar-refractivity contribution in [2.75, 3.05) is 9.80 Å². The quantitative estimate of drug-likeness (QED) is 0.147. The second-order valence-corrected chi connectivity index (χ2v) is 19.9. The van der Waals surface area contributed by atoms with Crippen LogP contribution < -0.4 is 26.2 Å². The van der Waals surface area contributed by atoms with Crippen LogP contribution in [0.5, 0.6) is 0 Å². The first-order valence-corrected chi connectivity index (χ1v) is 25.4. The fourth-order valence-corrected chi connectivity index (χ4v) is 12.9. The van der Waals surface area contributed by atoms with Gasteiger partial charge in [-0.15, -0.1) is 11.3 Å². The molecule has 2 aliphatic rings. The zero-order chi connectivity index (χ0) is 47.0. The molecule has 12 aromatic rings. The Bertz CT molecular complexity index is 3880. The van der Waals surface area contributed by atoms with Gasteiger partial charge in [0, 0.05) is 65.2 Å². The van der Waals surface area contributed by atoms with E-state index in [0.717, 1.165) is 5.69 Å². The molecule has 0 bridgehead atoms.